The van der Waals surface area contributed by atoms with E-state index in [-0.39, 0.29) is 6.10 Å². The van der Waals surface area contributed by atoms with Crippen LogP contribution in [-0.2, 0) is 0 Å². The fraction of sp³-hybridized carbons (Fsp3) is 0.929. The Morgan fingerprint density at radius 3 is 2.45 bits per heavy atom. The zero-order valence-corrected chi connectivity index (χ0v) is 20.3. The zero-order chi connectivity index (χ0) is 21.0. The molecule has 3 fully saturated rings. The number of hydrogen-bond donors (Lipinski definition) is 1. The maximum atomic E-state index is 10.3. The number of rotatable bonds is 5. The highest BCUT2D eigenvalue weighted by Gasteiger charge is 2.63. The molecule has 0 saturated heterocycles. The van der Waals surface area contributed by atoms with Crippen LogP contribution in [0.1, 0.15) is 112 Å². The van der Waals surface area contributed by atoms with E-state index in [4.69, 9.17) is 0 Å². The Kier molecular flexibility index (Phi) is 5.81. The predicted octanol–water partition coefficient (Wildman–Crippen LogP) is 7.78. The van der Waals surface area contributed by atoms with Gasteiger partial charge in [0.2, 0.25) is 0 Å². The molecule has 4 rings (SSSR count). The van der Waals surface area contributed by atoms with Crippen LogP contribution in [0.5, 0.6) is 0 Å². The summed E-state index contributed by atoms with van der Waals surface area (Å²) in [5, 5.41) is 10.3. The first-order valence-electron chi connectivity index (χ1n) is 13.0. The van der Waals surface area contributed by atoms with Crippen molar-refractivity contribution in [2.45, 2.75) is 118 Å². The Morgan fingerprint density at radius 1 is 0.966 bits per heavy atom. The highest BCUT2D eigenvalue weighted by Crippen LogP contribution is 2.71. The molecule has 1 nitrogen and oxygen atoms in total. The van der Waals surface area contributed by atoms with E-state index in [2.05, 4.69) is 47.6 Å². The van der Waals surface area contributed by atoms with Crippen LogP contribution in [0.25, 0.3) is 0 Å². The molecule has 0 spiro atoms. The molecule has 1 N–H and O–H groups in total. The van der Waals surface area contributed by atoms with Gasteiger partial charge in [-0.15, -0.1) is 0 Å². The third kappa shape index (κ3) is 3.37. The summed E-state index contributed by atoms with van der Waals surface area (Å²) in [6, 6.07) is 0. The van der Waals surface area contributed by atoms with E-state index in [1.807, 2.05) is 5.57 Å². The normalized spacial score (nSPS) is 47.9. The van der Waals surface area contributed by atoms with Crippen LogP contribution in [0.4, 0.5) is 0 Å². The van der Waals surface area contributed by atoms with Gasteiger partial charge in [-0.2, -0.15) is 0 Å². The van der Waals surface area contributed by atoms with Gasteiger partial charge in [0, 0.05) is 0 Å². The van der Waals surface area contributed by atoms with Crippen molar-refractivity contribution >= 4 is 0 Å². The molecule has 0 heterocycles. The van der Waals surface area contributed by atoms with Gasteiger partial charge in [0.1, 0.15) is 0 Å². The van der Waals surface area contributed by atoms with E-state index < -0.39 is 0 Å². The molecule has 8 atom stereocenters. The Morgan fingerprint density at radius 2 is 1.72 bits per heavy atom. The largest absolute Gasteiger partial charge is 0.393 e. The van der Waals surface area contributed by atoms with Gasteiger partial charge in [-0.1, -0.05) is 72.5 Å². The van der Waals surface area contributed by atoms with Gasteiger partial charge in [0.05, 0.1) is 6.10 Å². The second kappa shape index (κ2) is 7.68. The fourth-order valence-electron chi connectivity index (χ4n) is 8.88. The lowest BCUT2D eigenvalue weighted by atomic mass is 9.44. The van der Waals surface area contributed by atoms with Crippen LogP contribution >= 0.6 is 0 Å². The molecule has 29 heavy (non-hydrogen) atoms. The van der Waals surface area contributed by atoms with Crippen molar-refractivity contribution in [1.29, 1.82) is 0 Å². The average molecular weight is 401 g/mol. The van der Waals surface area contributed by atoms with Crippen LogP contribution in [0.3, 0.4) is 0 Å². The minimum Gasteiger partial charge on any atom is -0.393 e. The minimum atomic E-state index is -0.0442. The standard InChI is InChI=1S/C28H48O/c1-19(2)8-7-9-20(3)23-13-16-28(6)25-11-10-21-18-22(29)12-15-26(21,4)24(25)14-17-27(23,28)5/h14,19-23,25,29H,7-13,15-18H2,1-6H3/t20-,21+,22+,23-,25?,26+,27-,28+/m1/s1. The molecule has 0 aromatic rings. The van der Waals surface area contributed by atoms with Gasteiger partial charge in [-0.25, -0.2) is 0 Å². The third-order valence-corrected chi connectivity index (χ3v) is 11.0. The Hall–Kier alpha value is -0.300. The van der Waals surface area contributed by atoms with Crippen molar-refractivity contribution < 1.29 is 5.11 Å². The van der Waals surface area contributed by atoms with Gasteiger partial charge in [0.25, 0.3) is 0 Å². The number of fused-ring (bicyclic) bond motifs is 5. The van der Waals surface area contributed by atoms with Gasteiger partial charge < -0.3 is 5.11 Å². The van der Waals surface area contributed by atoms with Crippen LogP contribution in [0.15, 0.2) is 11.6 Å². The van der Waals surface area contributed by atoms with Gasteiger partial charge >= 0.3 is 0 Å². The van der Waals surface area contributed by atoms with Gasteiger partial charge in [-0.3, -0.25) is 0 Å². The Bertz CT molecular complexity index is 634. The summed E-state index contributed by atoms with van der Waals surface area (Å²) in [6.45, 7) is 15.2. The quantitative estimate of drug-likeness (QED) is 0.467. The molecule has 3 saturated carbocycles. The molecule has 166 valence electrons. The molecule has 0 aromatic carbocycles. The highest BCUT2D eigenvalue weighted by atomic mass is 16.3. The lowest BCUT2D eigenvalue weighted by molar-refractivity contribution is -0.0560. The van der Waals surface area contributed by atoms with Gasteiger partial charge in [0.15, 0.2) is 0 Å². The summed E-state index contributed by atoms with van der Waals surface area (Å²) in [6.07, 6.45) is 17.1. The molecule has 1 unspecified atom stereocenters. The first-order valence-corrected chi connectivity index (χ1v) is 13.0. The van der Waals surface area contributed by atoms with Crippen LogP contribution in [0, 0.1) is 45.8 Å². The molecule has 4 aliphatic rings. The molecule has 0 radical (unpaired) electrons. The van der Waals surface area contributed by atoms with Crippen LogP contribution in [0.2, 0.25) is 0 Å². The molecule has 4 aliphatic carbocycles. The Labute approximate surface area is 181 Å². The smallest absolute Gasteiger partial charge is 0.0543 e. The van der Waals surface area contributed by atoms with E-state index in [1.165, 1.54) is 57.8 Å². The molecular formula is C28H48O. The van der Waals surface area contributed by atoms with Crippen molar-refractivity contribution in [1.82, 2.24) is 0 Å². The molecular weight excluding hydrogens is 352 g/mol. The summed E-state index contributed by atoms with van der Waals surface area (Å²) in [4.78, 5) is 0. The van der Waals surface area contributed by atoms with E-state index in [0.717, 1.165) is 36.5 Å². The number of hydrogen-bond acceptors (Lipinski definition) is 1. The van der Waals surface area contributed by atoms with Crippen molar-refractivity contribution in [3.8, 4) is 0 Å². The molecule has 1 heteroatoms. The monoisotopic (exact) mass is 400 g/mol. The number of allylic oxidation sites excluding steroid dienone is 2. The molecule has 0 amide bonds. The molecule has 0 aliphatic heterocycles. The second-order valence-corrected chi connectivity index (χ2v) is 12.8. The number of aliphatic hydroxyl groups is 1. The van der Waals surface area contributed by atoms with E-state index >= 15 is 0 Å². The predicted molar refractivity (Wildman–Crippen MR) is 124 cm³/mol. The topological polar surface area (TPSA) is 20.2 Å². The second-order valence-electron chi connectivity index (χ2n) is 12.8. The lowest BCUT2D eigenvalue weighted by Crippen LogP contribution is -2.53. The summed E-state index contributed by atoms with van der Waals surface area (Å²) in [5.41, 5.74) is 3.16. The van der Waals surface area contributed by atoms with Crippen molar-refractivity contribution in [2.75, 3.05) is 0 Å². The SMILES string of the molecule is CC(C)CCC[C@@H](C)[C@H]1CC[C@@]2(C)C3CC[C@H]4C[C@@H](O)CC[C@]4(C)C3=CC[C@]12C. The fourth-order valence-corrected chi connectivity index (χ4v) is 8.88. The third-order valence-electron chi connectivity index (χ3n) is 11.0. The van der Waals surface area contributed by atoms with Gasteiger partial charge in [-0.05, 0) is 97.2 Å². The maximum Gasteiger partial charge on any atom is 0.0543 e. The minimum absolute atomic E-state index is 0.0442. The summed E-state index contributed by atoms with van der Waals surface area (Å²) < 4.78 is 0. The van der Waals surface area contributed by atoms with E-state index in [9.17, 15) is 5.11 Å². The van der Waals surface area contributed by atoms with Crippen molar-refractivity contribution in [3.63, 3.8) is 0 Å². The summed E-state index contributed by atoms with van der Waals surface area (Å²) >= 11 is 0. The van der Waals surface area contributed by atoms with Crippen molar-refractivity contribution in [2.24, 2.45) is 45.8 Å². The molecule has 0 bridgehead atoms. The van der Waals surface area contributed by atoms with E-state index in [0.29, 0.717) is 22.2 Å². The van der Waals surface area contributed by atoms with Crippen LogP contribution < -0.4 is 0 Å². The van der Waals surface area contributed by atoms with Crippen LogP contribution in [-0.4, -0.2) is 11.2 Å². The summed E-state index contributed by atoms with van der Waals surface area (Å²) in [5.74, 6) is 4.12. The number of aliphatic hydroxyl groups excluding tert-OH is 1. The first-order chi connectivity index (χ1) is 13.6. The Balaban J connectivity index is 1.57. The zero-order valence-electron chi connectivity index (χ0n) is 20.3. The average Bonchev–Trinajstić information content (AvgIpc) is 2.93. The van der Waals surface area contributed by atoms with E-state index in [1.54, 1.807) is 0 Å². The lowest BCUT2D eigenvalue weighted by Gasteiger charge is -2.61. The highest BCUT2D eigenvalue weighted by molar-refractivity contribution is 5.31. The first kappa shape index (κ1) is 21.9. The van der Waals surface area contributed by atoms with Crippen molar-refractivity contribution in [3.05, 3.63) is 11.6 Å². The summed E-state index contributed by atoms with van der Waals surface area (Å²) in [7, 11) is 0. The molecule has 0 aromatic heterocycles. The maximum absolute atomic E-state index is 10.3.